The van der Waals surface area contributed by atoms with E-state index in [4.69, 9.17) is 10.9 Å². The molecule has 0 bridgehead atoms. The van der Waals surface area contributed by atoms with Crippen LogP contribution in [0.3, 0.4) is 0 Å². The molecule has 0 unspecified atom stereocenters. The van der Waals surface area contributed by atoms with E-state index in [0.717, 1.165) is 12.1 Å². The van der Waals surface area contributed by atoms with E-state index in [1.54, 1.807) is 6.20 Å². The fourth-order valence-electron chi connectivity index (χ4n) is 2.93. The predicted octanol–water partition coefficient (Wildman–Crippen LogP) is 2.33. The van der Waals surface area contributed by atoms with Crippen LogP contribution in [0.5, 0.6) is 0 Å². The van der Waals surface area contributed by atoms with Gasteiger partial charge in [0.15, 0.2) is 5.84 Å². The van der Waals surface area contributed by atoms with Gasteiger partial charge in [0, 0.05) is 24.0 Å². The molecule has 1 saturated carbocycles. The van der Waals surface area contributed by atoms with Gasteiger partial charge in [-0.1, -0.05) is 30.5 Å². The Hall–Kier alpha value is -1.27. The normalized spacial score (nSPS) is 18.6. The Balaban J connectivity index is 1.97. The molecule has 0 amide bonds. The average Bonchev–Trinajstić information content (AvgIpc) is 2.55. The van der Waals surface area contributed by atoms with Crippen molar-refractivity contribution in [2.24, 2.45) is 10.9 Å². The highest BCUT2D eigenvalue weighted by Crippen LogP contribution is 2.37. The van der Waals surface area contributed by atoms with E-state index in [1.807, 2.05) is 23.9 Å². The highest BCUT2D eigenvalue weighted by atomic mass is 32.2. The maximum absolute atomic E-state index is 8.82. The second-order valence-electron chi connectivity index (χ2n) is 5.55. The standard InChI is InChI=1S/C15H24N4OS/c1-21-15(7-3-2-4-8-15)11-17-10-12-6-5-9-18-13(12)14(16)19-20/h5-6,9,17,20H,2-4,7-8,10-11H2,1H3,(H2,16,19). The van der Waals surface area contributed by atoms with Crippen LogP contribution < -0.4 is 11.1 Å². The third-order valence-corrected chi connectivity index (χ3v) is 5.62. The van der Waals surface area contributed by atoms with Crippen molar-refractivity contribution in [2.75, 3.05) is 12.8 Å². The van der Waals surface area contributed by atoms with Crippen LogP contribution in [-0.2, 0) is 6.54 Å². The minimum absolute atomic E-state index is 0.0599. The molecular weight excluding hydrogens is 284 g/mol. The molecule has 1 aromatic rings. The highest BCUT2D eigenvalue weighted by Gasteiger charge is 2.30. The number of nitrogens with two attached hydrogens (primary N) is 1. The zero-order valence-electron chi connectivity index (χ0n) is 12.5. The quantitative estimate of drug-likeness (QED) is 0.325. The lowest BCUT2D eigenvalue weighted by Gasteiger charge is -2.36. The van der Waals surface area contributed by atoms with Crippen LogP contribution in [0, 0.1) is 0 Å². The summed E-state index contributed by atoms with van der Waals surface area (Å²) in [6, 6.07) is 3.83. The number of aromatic nitrogens is 1. The van der Waals surface area contributed by atoms with E-state index in [9.17, 15) is 0 Å². The third-order valence-electron chi connectivity index (χ3n) is 4.20. The number of nitrogens with one attached hydrogen (secondary N) is 1. The van der Waals surface area contributed by atoms with E-state index in [-0.39, 0.29) is 5.84 Å². The van der Waals surface area contributed by atoms with E-state index in [0.29, 0.717) is 17.0 Å². The molecule has 0 radical (unpaired) electrons. The first-order chi connectivity index (χ1) is 10.2. The van der Waals surface area contributed by atoms with Gasteiger partial charge in [0.1, 0.15) is 5.69 Å². The molecule has 6 heteroatoms. The first-order valence-electron chi connectivity index (χ1n) is 7.38. The van der Waals surface area contributed by atoms with Gasteiger partial charge in [-0.15, -0.1) is 0 Å². The molecule has 2 rings (SSSR count). The molecule has 0 spiro atoms. The number of hydrogen-bond acceptors (Lipinski definition) is 5. The summed E-state index contributed by atoms with van der Waals surface area (Å²) in [5, 5.41) is 15.4. The Kier molecular flexibility index (Phi) is 5.87. The van der Waals surface area contributed by atoms with Crippen LogP contribution in [0.4, 0.5) is 0 Å². The number of hydrogen-bond donors (Lipinski definition) is 3. The van der Waals surface area contributed by atoms with Crippen LogP contribution in [-0.4, -0.2) is 33.6 Å². The van der Waals surface area contributed by atoms with Gasteiger partial charge >= 0.3 is 0 Å². The lowest BCUT2D eigenvalue weighted by molar-refractivity contribution is 0.318. The van der Waals surface area contributed by atoms with Gasteiger partial charge in [0.25, 0.3) is 0 Å². The molecule has 21 heavy (non-hydrogen) atoms. The van der Waals surface area contributed by atoms with Gasteiger partial charge in [-0.05, 0) is 30.7 Å². The van der Waals surface area contributed by atoms with Gasteiger partial charge in [0.2, 0.25) is 0 Å². The van der Waals surface area contributed by atoms with Gasteiger partial charge < -0.3 is 16.3 Å². The summed E-state index contributed by atoms with van der Waals surface area (Å²) in [5.41, 5.74) is 7.18. The lowest BCUT2D eigenvalue weighted by atomic mass is 9.88. The van der Waals surface area contributed by atoms with E-state index in [2.05, 4.69) is 21.7 Å². The lowest BCUT2D eigenvalue weighted by Crippen LogP contribution is -2.39. The molecule has 0 saturated heterocycles. The van der Waals surface area contributed by atoms with Crippen molar-refractivity contribution in [1.29, 1.82) is 0 Å². The zero-order chi connectivity index (χ0) is 15.1. The summed E-state index contributed by atoms with van der Waals surface area (Å²) in [6.45, 7) is 1.67. The fraction of sp³-hybridized carbons (Fsp3) is 0.600. The van der Waals surface area contributed by atoms with Crippen molar-refractivity contribution in [1.82, 2.24) is 10.3 Å². The number of nitrogens with zero attached hydrogens (tertiary/aromatic N) is 2. The number of rotatable bonds is 6. The zero-order valence-corrected chi connectivity index (χ0v) is 13.3. The molecule has 116 valence electrons. The summed E-state index contributed by atoms with van der Waals surface area (Å²) in [7, 11) is 0. The van der Waals surface area contributed by atoms with Crippen LogP contribution >= 0.6 is 11.8 Å². The molecule has 0 aromatic carbocycles. The molecule has 1 aliphatic carbocycles. The molecule has 0 aliphatic heterocycles. The third kappa shape index (κ3) is 4.11. The molecular formula is C15H24N4OS. The Morgan fingerprint density at radius 1 is 1.48 bits per heavy atom. The summed E-state index contributed by atoms with van der Waals surface area (Å²) < 4.78 is 0.358. The molecule has 1 aromatic heterocycles. The molecule has 0 atom stereocenters. The number of thioether (sulfide) groups is 1. The number of oxime groups is 1. The summed E-state index contributed by atoms with van der Waals surface area (Å²) in [5.74, 6) is 0.0599. The average molecular weight is 308 g/mol. The molecule has 4 N–H and O–H groups in total. The second-order valence-corrected chi connectivity index (χ2v) is 6.82. The topological polar surface area (TPSA) is 83.5 Å². The van der Waals surface area contributed by atoms with Gasteiger partial charge in [-0.25, -0.2) is 0 Å². The smallest absolute Gasteiger partial charge is 0.189 e. The summed E-state index contributed by atoms with van der Waals surface area (Å²) in [6.07, 6.45) is 10.4. The Bertz CT molecular complexity index is 486. The first kappa shape index (κ1) is 16.1. The maximum atomic E-state index is 8.82. The van der Waals surface area contributed by atoms with Gasteiger partial charge in [-0.2, -0.15) is 11.8 Å². The van der Waals surface area contributed by atoms with Crippen LogP contribution in [0.25, 0.3) is 0 Å². The Morgan fingerprint density at radius 3 is 2.90 bits per heavy atom. The van der Waals surface area contributed by atoms with Crippen molar-refractivity contribution in [3.05, 3.63) is 29.6 Å². The van der Waals surface area contributed by atoms with Crippen molar-refractivity contribution in [3.63, 3.8) is 0 Å². The summed E-state index contributed by atoms with van der Waals surface area (Å²) >= 11 is 1.98. The maximum Gasteiger partial charge on any atom is 0.189 e. The van der Waals surface area contributed by atoms with Gasteiger partial charge in [0.05, 0.1) is 0 Å². The number of amidine groups is 1. The Labute approximate surface area is 130 Å². The second kappa shape index (κ2) is 7.66. The molecule has 5 nitrogen and oxygen atoms in total. The van der Waals surface area contributed by atoms with Crippen LogP contribution in [0.15, 0.2) is 23.5 Å². The minimum Gasteiger partial charge on any atom is -0.409 e. The van der Waals surface area contributed by atoms with E-state index < -0.39 is 0 Å². The molecule has 1 fully saturated rings. The Morgan fingerprint density at radius 2 is 2.24 bits per heavy atom. The van der Waals surface area contributed by atoms with Crippen LogP contribution in [0.1, 0.15) is 43.4 Å². The fourth-order valence-corrected chi connectivity index (χ4v) is 3.88. The van der Waals surface area contributed by atoms with Crippen molar-refractivity contribution in [2.45, 2.75) is 43.4 Å². The van der Waals surface area contributed by atoms with Crippen molar-refractivity contribution in [3.8, 4) is 0 Å². The van der Waals surface area contributed by atoms with Gasteiger partial charge in [-0.3, -0.25) is 4.98 Å². The van der Waals surface area contributed by atoms with E-state index in [1.165, 1.54) is 32.1 Å². The van der Waals surface area contributed by atoms with Crippen LogP contribution in [0.2, 0.25) is 0 Å². The minimum atomic E-state index is 0.0599. The summed E-state index contributed by atoms with van der Waals surface area (Å²) in [4.78, 5) is 4.19. The predicted molar refractivity (Wildman–Crippen MR) is 87.8 cm³/mol. The van der Waals surface area contributed by atoms with E-state index >= 15 is 0 Å². The first-order valence-corrected chi connectivity index (χ1v) is 8.61. The highest BCUT2D eigenvalue weighted by molar-refractivity contribution is 8.00. The van der Waals surface area contributed by atoms with Crippen molar-refractivity contribution < 1.29 is 5.21 Å². The molecule has 1 aliphatic rings. The van der Waals surface area contributed by atoms with Crippen molar-refractivity contribution >= 4 is 17.6 Å². The largest absolute Gasteiger partial charge is 0.409 e. The monoisotopic (exact) mass is 308 g/mol. The SMILES string of the molecule is CSC1(CNCc2cccnc2/C(N)=N/O)CCCCC1. The molecule has 1 heterocycles. The number of pyridine rings is 1.